The van der Waals surface area contributed by atoms with Crippen LogP contribution in [0, 0.1) is 12.3 Å². The van der Waals surface area contributed by atoms with Crippen LogP contribution in [-0.4, -0.2) is 29.0 Å². The number of carbonyl (C=O) groups is 1. The fourth-order valence-corrected chi connectivity index (χ4v) is 1.44. The number of phenolic OH excluding ortho intramolecular Hbond substituents is 1. The molecule has 84 valence electrons. The molecule has 0 aliphatic heterocycles. The van der Waals surface area contributed by atoms with E-state index < -0.39 is 0 Å². The number of rotatable bonds is 4. The summed E-state index contributed by atoms with van der Waals surface area (Å²) in [6.45, 7) is 2.81. The van der Waals surface area contributed by atoms with Crippen LogP contribution in [0.15, 0.2) is 24.3 Å². The molecule has 0 unspecified atom stereocenters. The van der Waals surface area contributed by atoms with Gasteiger partial charge in [-0.3, -0.25) is 4.79 Å². The molecule has 1 aromatic rings. The maximum Gasteiger partial charge on any atom is 0.227 e. The van der Waals surface area contributed by atoms with E-state index in [9.17, 15) is 9.90 Å². The van der Waals surface area contributed by atoms with Crippen molar-refractivity contribution in [3.63, 3.8) is 0 Å². The highest BCUT2D eigenvalue weighted by Gasteiger charge is 2.10. The number of aromatic hydroxyl groups is 1. The van der Waals surface area contributed by atoms with Gasteiger partial charge in [-0.25, -0.2) is 0 Å². The van der Waals surface area contributed by atoms with Crippen LogP contribution in [0.25, 0.3) is 0 Å². The van der Waals surface area contributed by atoms with E-state index in [-0.39, 0.29) is 18.1 Å². The van der Waals surface area contributed by atoms with E-state index in [1.54, 1.807) is 29.2 Å². The van der Waals surface area contributed by atoms with Crippen molar-refractivity contribution in [2.45, 2.75) is 13.3 Å². The summed E-state index contributed by atoms with van der Waals surface area (Å²) in [4.78, 5) is 13.4. The van der Waals surface area contributed by atoms with Crippen molar-refractivity contribution in [2.75, 3.05) is 13.1 Å². The summed E-state index contributed by atoms with van der Waals surface area (Å²) in [6, 6.07) is 6.69. The molecule has 1 rings (SSSR count). The highest BCUT2D eigenvalue weighted by Crippen LogP contribution is 2.12. The smallest absolute Gasteiger partial charge is 0.227 e. The van der Waals surface area contributed by atoms with Gasteiger partial charge in [-0.2, -0.15) is 0 Å². The number of phenols is 1. The molecule has 0 saturated heterocycles. The fraction of sp³-hybridized carbons (Fsp3) is 0.308. The number of hydrogen-bond donors (Lipinski definition) is 1. The second-order valence-corrected chi connectivity index (χ2v) is 3.46. The van der Waals surface area contributed by atoms with E-state index >= 15 is 0 Å². The molecule has 0 aromatic heterocycles. The molecule has 0 heterocycles. The van der Waals surface area contributed by atoms with Gasteiger partial charge >= 0.3 is 0 Å². The molecule has 3 nitrogen and oxygen atoms in total. The topological polar surface area (TPSA) is 40.5 Å². The number of likely N-dealkylation sites (N-methyl/N-ethyl adjacent to an activating group) is 1. The molecule has 0 spiro atoms. The van der Waals surface area contributed by atoms with Crippen LogP contribution in [0.3, 0.4) is 0 Å². The molecule has 0 bridgehead atoms. The van der Waals surface area contributed by atoms with Crippen LogP contribution in [0.5, 0.6) is 5.75 Å². The number of carbonyl (C=O) groups excluding carboxylic acids is 1. The lowest BCUT2D eigenvalue weighted by Gasteiger charge is -2.17. The zero-order valence-electron chi connectivity index (χ0n) is 9.31. The first-order valence-electron chi connectivity index (χ1n) is 5.16. The van der Waals surface area contributed by atoms with Crippen molar-refractivity contribution < 1.29 is 9.90 Å². The molecule has 1 N–H and O–H groups in total. The van der Waals surface area contributed by atoms with Crippen molar-refractivity contribution in [3.05, 3.63) is 29.8 Å². The van der Waals surface area contributed by atoms with Gasteiger partial charge in [0.05, 0.1) is 13.0 Å². The lowest BCUT2D eigenvalue weighted by Crippen LogP contribution is -2.32. The molecule has 0 atom stereocenters. The van der Waals surface area contributed by atoms with Crippen molar-refractivity contribution >= 4 is 5.91 Å². The standard InChI is InChI=1S/C13H15NO2/c1-3-8-14(4-2)13(16)10-11-6-5-7-12(15)9-11/h1,5-7,9,15H,4,8,10H2,2H3. The Morgan fingerprint density at radius 2 is 2.31 bits per heavy atom. The predicted octanol–water partition coefficient (Wildman–Crippen LogP) is 1.42. The highest BCUT2D eigenvalue weighted by molar-refractivity contribution is 5.79. The van der Waals surface area contributed by atoms with Gasteiger partial charge in [0, 0.05) is 6.54 Å². The average molecular weight is 217 g/mol. The Balaban J connectivity index is 2.67. The SMILES string of the molecule is C#CCN(CC)C(=O)Cc1cccc(O)c1. The summed E-state index contributed by atoms with van der Waals surface area (Å²) in [5.41, 5.74) is 0.792. The van der Waals surface area contributed by atoms with Gasteiger partial charge in [0.2, 0.25) is 5.91 Å². The van der Waals surface area contributed by atoms with Crippen LogP contribution in [-0.2, 0) is 11.2 Å². The number of nitrogens with zero attached hydrogens (tertiary/aromatic N) is 1. The summed E-state index contributed by atoms with van der Waals surface area (Å²) in [6.07, 6.45) is 5.44. The van der Waals surface area contributed by atoms with Crippen molar-refractivity contribution in [1.29, 1.82) is 0 Å². The van der Waals surface area contributed by atoms with Crippen molar-refractivity contribution in [1.82, 2.24) is 4.90 Å². The summed E-state index contributed by atoms with van der Waals surface area (Å²) < 4.78 is 0. The number of amides is 1. The van der Waals surface area contributed by atoms with Crippen LogP contribution < -0.4 is 0 Å². The van der Waals surface area contributed by atoms with E-state index in [1.165, 1.54) is 0 Å². The van der Waals surface area contributed by atoms with Crippen molar-refractivity contribution in [2.24, 2.45) is 0 Å². The molecule has 0 radical (unpaired) electrons. The third kappa shape index (κ3) is 3.32. The fourth-order valence-electron chi connectivity index (χ4n) is 1.44. The Kier molecular flexibility index (Phi) is 4.41. The summed E-state index contributed by atoms with van der Waals surface area (Å²) >= 11 is 0. The first kappa shape index (κ1) is 12.1. The maximum atomic E-state index is 11.8. The van der Waals surface area contributed by atoms with Gasteiger partial charge in [0.25, 0.3) is 0 Å². The van der Waals surface area contributed by atoms with Gasteiger partial charge in [0.15, 0.2) is 0 Å². The Bertz CT molecular complexity index is 407. The zero-order chi connectivity index (χ0) is 12.0. The molecular formula is C13H15NO2. The first-order valence-corrected chi connectivity index (χ1v) is 5.16. The second kappa shape index (κ2) is 5.82. The molecule has 1 aromatic carbocycles. The third-order valence-corrected chi connectivity index (χ3v) is 2.28. The molecule has 3 heteroatoms. The van der Waals surface area contributed by atoms with Gasteiger partial charge < -0.3 is 10.0 Å². The highest BCUT2D eigenvalue weighted by atomic mass is 16.3. The molecule has 0 saturated carbocycles. The minimum absolute atomic E-state index is 0.0222. The average Bonchev–Trinajstić information content (AvgIpc) is 2.25. The van der Waals surface area contributed by atoms with Crippen LogP contribution in [0.1, 0.15) is 12.5 Å². The second-order valence-electron chi connectivity index (χ2n) is 3.46. The molecule has 0 aliphatic carbocycles. The number of terminal acetylenes is 1. The number of benzene rings is 1. The summed E-state index contributed by atoms with van der Waals surface area (Å²) in [5.74, 6) is 2.60. The van der Waals surface area contributed by atoms with Crippen LogP contribution in [0.4, 0.5) is 0 Å². The minimum atomic E-state index is -0.0222. The molecule has 1 amide bonds. The molecule has 0 fully saturated rings. The maximum absolute atomic E-state index is 11.8. The summed E-state index contributed by atoms with van der Waals surface area (Å²) in [7, 11) is 0. The van der Waals surface area contributed by atoms with Gasteiger partial charge in [-0.15, -0.1) is 6.42 Å². The van der Waals surface area contributed by atoms with Gasteiger partial charge in [-0.1, -0.05) is 18.1 Å². The zero-order valence-corrected chi connectivity index (χ0v) is 9.31. The van der Waals surface area contributed by atoms with Crippen LogP contribution in [0.2, 0.25) is 0 Å². The predicted molar refractivity (Wildman–Crippen MR) is 62.9 cm³/mol. The van der Waals surface area contributed by atoms with E-state index in [1.807, 2.05) is 6.92 Å². The minimum Gasteiger partial charge on any atom is -0.508 e. The van der Waals surface area contributed by atoms with Crippen molar-refractivity contribution in [3.8, 4) is 18.1 Å². The van der Waals surface area contributed by atoms with Crippen LogP contribution >= 0.6 is 0 Å². The van der Waals surface area contributed by atoms with Gasteiger partial charge in [-0.05, 0) is 24.6 Å². The van der Waals surface area contributed by atoms with E-state index in [0.717, 1.165) is 5.56 Å². The largest absolute Gasteiger partial charge is 0.508 e. The Hall–Kier alpha value is -1.95. The Labute approximate surface area is 95.7 Å². The van der Waals surface area contributed by atoms with E-state index in [2.05, 4.69) is 5.92 Å². The lowest BCUT2D eigenvalue weighted by atomic mass is 10.1. The molecule has 16 heavy (non-hydrogen) atoms. The molecule has 0 aliphatic rings. The number of hydrogen-bond acceptors (Lipinski definition) is 2. The molecular weight excluding hydrogens is 202 g/mol. The lowest BCUT2D eigenvalue weighted by molar-refractivity contribution is -0.129. The monoisotopic (exact) mass is 217 g/mol. The third-order valence-electron chi connectivity index (χ3n) is 2.28. The normalized spacial score (nSPS) is 9.50. The Morgan fingerprint density at radius 1 is 1.56 bits per heavy atom. The first-order chi connectivity index (χ1) is 7.67. The quantitative estimate of drug-likeness (QED) is 0.775. The van der Waals surface area contributed by atoms with E-state index in [4.69, 9.17) is 6.42 Å². The van der Waals surface area contributed by atoms with E-state index in [0.29, 0.717) is 13.1 Å². The Morgan fingerprint density at radius 3 is 2.88 bits per heavy atom. The van der Waals surface area contributed by atoms with Gasteiger partial charge in [0.1, 0.15) is 5.75 Å². The summed E-state index contributed by atoms with van der Waals surface area (Å²) in [5, 5.41) is 9.27.